The van der Waals surface area contributed by atoms with Gasteiger partial charge in [-0.05, 0) is 62.1 Å². The van der Waals surface area contributed by atoms with Crippen LogP contribution in [0.15, 0.2) is 54.6 Å². The molecule has 7 heteroatoms. The number of para-hydroxylation sites is 1. The second-order valence-electron chi connectivity index (χ2n) is 7.29. The molecule has 1 atom stereocenters. The molecule has 1 aliphatic carbocycles. The van der Waals surface area contributed by atoms with Crippen molar-refractivity contribution in [3.8, 4) is 11.5 Å². The number of hydrogen-bond donors (Lipinski definition) is 2. The van der Waals surface area contributed by atoms with Crippen molar-refractivity contribution in [2.24, 2.45) is 5.92 Å². The van der Waals surface area contributed by atoms with Crippen molar-refractivity contribution >= 4 is 23.5 Å². The number of anilines is 1. The van der Waals surface area contributed by atoms with Crippen molar-refractivity contribution in [2.45, 2.75) is 25.3 Å². The van der Waals surface area contributed by atoms with Gasteiger partial charge in [-0.25, -0.2) is 4.79 Å². The van der Waals surface area contributed by atoms with Crippen LogP contribution in [0.5, 0.6) is 11.5 Å². The number of ether oxygens (including phenoxy) is 1. The minimum Gasteiger partial charge on any atom is -0.457 e. The van der Waals surface area contributed by atoms with Crippen LogP contribution in [0, 0.1) is 5.92 Å². The summed E-state index contributed by atoms with van der Waals surface area (Å²) in [5, 5.41) is 5.44. The van der Waals surface area contributed by atoms with Gasteiger partial charge in [0.05, 0.1) is 0 Å². The lowest BCUT2D eigenvalue weighted by Gasteiger charge is -2.20. The van der Waals surface area contributed by atoms with Gasteiger partial charge in [0, 0.05) is 5.69 Å². The molecule has 4 rings (SSSR count). The van der Waals surface area contributed by atoms with Gasteiger partial charge in [0.25, 0.3) is 5.91 Å². The Kier molecular flexibility index (Phi) is 4.50. The molecule has 7 nitrogen and oxygen atoms in total. The number of benzene rings is 2. The van der Waals surface area contributed by atoms with Crippen molar-refractivity contribution < 1.29 is 19.1 Å². The Hall–Kier alpha value is -3.35. The second kappa shape index (κ2) is 6.99. The summed E-state index contributed by atoms with van der Waals surface area (Å²) in [5.74, 6) is 0.756. The molecule has 144 valence electrons. The highest BCUT2D eigenvalue weighted by Gasteiger charge is 2.56. The van der Waals surface area contributed by atoms with Crippen LogP contribution in [-0.4, -0.2) is 34.8 Å². The molecular formula is C21H21N3O4. The molecule has 0 radical (unpaired) electrons. The molecule has 1 saturated carbocycles. The third-order valence-corrected chi connectivity index (χ3v) is 5.11. The van der Waals surface area contributed by atoms with Crippen LogP contribution >= 0.6 is 0 Å². The van der Waals surface area contributed by atoms with E-state index in [2.05, 4.69) is 10.6 Å². The summed E-state index contributed by atoms with van der Waals surface area (Å²) >= 11 is 0. The van der Waals surface area contributed by atoms with Gasteiger partial charge in [-0.15, -0.1) is 0 Å². The van der Waals surface area contributed by atoms with Crippen LogP contribution in [-0.2, 0) is 9.59 Å². The lowest BCUT2D eigenvalue weighted by molar-refractivity contribution is -0.134. The first-order valence-corrected chi connectivity index (χ1v) is 9.22. The molecule has 2 N–H and O–H groups in total. The van der Waals surface area contributed by atoms with E-state index < -0.39 is 17.5 Å². The van der Waals surface area contributed by atoms with E-state index in [4.69, 9.17) is 4.74 Å². The minimum absolute atomic E-state index is 0.161. The summed E-state index contributed by atoms with van der Waals surface area (Å²) in [6.07, 6.45) is 1.83. The van der Waals surface area contributed by atoms with E-state index in [0.29, 0.717) is 11.4 Å². The standard InChI is InChI=1S/C21H21N3O4/c1-21(14-7-8-14)19(26)24(20(27)23-21)13-18(25)22-15-9-11-17(12-10-15)28-16-5-3-2-4-6-16/h2-6,9-12,14H,7-8,13H2,1H3,(H,22,25)(H,23,27)/t21-/m0/s1. The van der Waals surface area contributed by atoms with Crippen LogP contribution in [0.25, 0.3) is 0 Å². The van der Waals surface area contributed by atoms with Crippen LogP contribution in [0.2, 0.25) is 0 Å². The Morgan fingerprint density at radius 1 is 1.11 bits per heavy atom. The molecule has 0 unspecified atom stereocenters. The fraction of sp³-hybridized carbons (Fsp3) is 0.286. The van der Waals surface area contributed by atoms with Gasteiger partial charge < -0.3 is 15.4 Å². The Labute approximate surface area is 162 Å². The molecule has 1 aliphatic heterocycles. The van der Waals surface area contributed by atoms with E-state index in [1.807, 2.05) is 30.3 Å². The maximum absolute atomic E-state index is 12.6. The lowest BCUT2D eigenvalue weighted by atomic mass is 9.96. The number of nitrogens with one attached hydrogen (secondary N) is 2. The van der Waals surface area contributed by atoms with Gasteiger partial charge >= 0.3 is 6.03 Å². The number of urea groups is 1. The number of imide groups is 1. The van der Waals surface area contributed by atoms with E-state index >= 15 is 0 Å². The summed E-state index contributed by atoms with van der Waals surface area (Å²) in [5.41, 5.74) is -0.323. The molecule has 1 saturated heterocycles. The Morgan fingerprint density at radius 2 is 1.75 bits per heavy atom. The van der Waals surface area contributed by atoms with Gasteiger partial charge in [0.2, 0.25) is 5.91 Å². The highest BCUT2D eigenvalue weighted by Crippen LogP contribution is 2.42. The predicted molar refractivity (Wildman–Crippen MR) is 103 cm³/mol. The third-order valence-electron chi connectivity index (χ3n) is 5.11. The normalized spacial score (nSPS) is 21.4. The molecule has 0 bridgehead atoms. The molecule has 0 spiro atoms. The number of hydrogen-bond acceptors (Lipinski definition) is 4. The van der Waals surface area contributed by atoms with Crippen molar-refractivity contribution in [2.75, 3.05) is 11.9 Å². The number of amides is 4. The lowest BCUT2D eigenvalue weighted by Crippen LogP contribution is -2.46. The molecule has 0 aromatic heterocycles. The van der Waals surface area contributed by atoms with Crippen LogP contribution in [0.3, 0.4) is 0 Å². The zero-order chi connectivity index (χ0) is 19.7. The summed E-state index contributed by atoms with van der Waals surface area (Å²) in [6.45, 7) is 1.42. The smallest absolute Gasteiger partial charge is 0.325 e. The molecule has 1 heterocycles. The molecular weight excluding hydrogens is 358 g/mol. The van der Waals surface area contributed by atoms with Gasteiger partial charge in [-0.1, -0.05) is 18.2 Å². The van der Waals surface area contributed by atoms with E-state index in [9.17, 15) is 14.4 Å². The highest BCUT2D eigenvalue weighted by molar-refractivity contribution is 6.10. The maximum atomic E-state index is 12.6. The first kappa shape index (κ1) is 18.0. The average Bonchev–Trinajstić information content (AvgIpc) is 3.50. The zero-order valence-corrected chi connectivity index (χ0v) is 15.5. The molecule has 2 aromatic rings. The van der Waals surface area contributed by atoms with Crippen molar-refractivity contribution in [1.82, 2.24) is 10.2 Å². The molecule has 4 amide bonds. The van der Waals surface area contributed by atoms with Crippen LogP contribution < -0.4 is 15.4 Å². The fourth-order valence-corrected chi connectivity index (χ4v) is 3.37. The number of carbonyl (C=O) groups is 3. The Bertz CT molecular complexity index is 909. The SMILES string of the molecule is C[C@@]1(C2CC2)NC(=O)N(CC(=O)Nc2ccc(Oc3ccccc3)cc2)C1=O. The Balaban J connectivity index is 1.35. The molecule has 2 aliphatic rings. The van der Waals surface area contributed by atoms with Crippen LogP contribution in [0.4, 0.5) is 10.5 Å². The third kappa shape index (κ3) is 3.55. The molecule has 28 heavy (non-hydrogen) atoms. The van der Waals surface area contributed by atoms with E-state index in [0.717, 1.165) is 23.5 Å². The predicted octanol–water partition coefficient (Wildman–Crippen LogP) is 3.14. The monoisotopic (exact) mass is 379 g/mol. The molecule has 2 fully saturated rings. The largest absolute Gasteiger partial charge is 0.457 e. The van der Waals surface area contributed by atoms with Crippen molar-refractivity contribution in [3.63, 3.8) is 0 Å². The quantitative estimate of drug-likeness (QED) is 0.755. The fourth-order valence-electron chi connectivity index (χ4n) is 3.37. The van der Waals surface area contributed by atoms with E-state index in [1.165, 1.54) is 0 Å². The van der Waals surface area contributed by atoms with Gasteiger partial charge in [0.15, 0.2) is 0 Å². The average molecular weight is 379 g/mol. The molecule has 2 aromatic carbocycles. The zero-order valence-electron chi connectivity index (χ0n) is 15.5. The number of rotatable bonds is 6. The van der Waals surface area contributed by atoms with Crippen LogP contribution in [0.1, 0.15) is 19.8 Å². The summed E-state index contributed by atoms with van der Waals surface area (Å²) in [6, 6.07) is 15.7. The first-order chi connectivity index (χ1) is 13.5. The Morgan fingerprint density at radius 3 is 2.39 bits per heavy atom. The summed E-state index contributed by atoms with van der Waals surface area (Å²) < 4.78 is 5.71. The summed E-state index contributed by atoms with van der Waals surface area (Å²) in [4.78, 5) is 38.0. The summed E-state index contributed by atoms with van der Waals surface area (Å²) in [7, 11) is 0. The van der Waals surface area contributed by atoms with Crippen molar-refractivity contribution in [1.29, 1.82) is 0 Å². The van der Waals surface area contributed by atoms with Gasteiger partial charge in [0.1, 0.15) is 23.6 Å². The minimum atomic E-state index is -0.881. The van der Waals surface area contributed by atoms with Crippen molar-refractivity contribution in [3.05, 3.63) is 54.6 Å². The number of nitrogens with zero attached hydrogens (tertiary/aromatic N) is 1. The van der Waals surface area contributed by atoms with Gasteiger partial charge in [-0.2, -0.15) is 0 Å². The first-order valence-electron chi connectivity index (χ1n) is 9.22. The van der Waals surface area contributed by atoms with Gasteiger partial charge in [-0.3, -0.25) is 14.5 Å². The number of carbonyl (C=O) groups excluding carboxylic acids is 3. The van der Waals surface area contributed by atoms with E-state index in [1.54, 1.807) is 31.2 Å². The maximum Gasteiger partial charge on any atom is 0.325 e. The topological polar surface area (TPSA) is 87.7 Å². The highest BCUT2D eigenvalue weighted by atomic mass is 16.5. The second-order valence-corrected chi connectivity index (χ2v) is 7.29. The van der Waals surface area contributed by atoms with E-state index in [-0.39, 0.29) is 18.4 Å².